The molecule has 144 valence electrons. The quantitative estimate of drug-likeness (QED) is 0.576. The lowest BCUT2D eigenvalue weighted by Crippen LogP contribution is -2.45. The van der Waals surface area contributed by atoms with Crippen LogP contribution in [0.15, 0.2) is 18.2 Å². The topological polar surface area (TPSA) is 130 Å². The molecule has 10 heteroatoms. The molecule has 0 radical (unpaired) electrons. The molecular weight excluding hydrogens is 378 g/mol. The van der Waals surface area contributed by atoms with Crippen molar-refractivity contribution in [2.45, 2.75) is 19.3 Å². The molecule has 1 aromatic carbocycles. The van der Waals surface area contributed by atoms with Gasteiger partial charge in [-0.2, -0.15) is 0 Å². The zero-order chi connectivity index (χ0) is 19.8. The Bertz CT molecular complexity index is 819. The van der Waals surface area contributed by atoms with E-state index in [0.29, 0.717) is 32.4 Å². The summed E-state index contributed by atoms with van der Waals surface area (Å²) in [4.78, 5) is 47.6. The maximum absolute atomic E-state index is 12.3. The van der Waals surface area contributed by atoms with E-state index in [0.717, 1.165) is 0 Å². The van der Waals surface area contributed by atoms with E-state index in [1.165, 1.54) is 18.2 Å². The Morgan fingerprint density at radius 1 is 1.33 bits per heavy atom. The summed E-state index contributed by atoms with van der Waals surface area (Å²) in [5.41, 5.74) is -0.901. The van der Waals surface area contributed by atoms with Crippen molar-refractivity contribution in [1.82, 2.24) is 10.2 Å². The summed E-state index contributed by atoms with van der Waals surface area (Å²) in [7, 11) is 0. The third kappa shape index (κ3) is 3.73. The number of carbonyl (C=O) groups is 3. The average molecular weight is 396 g/mol. The van der Waals surface area contributed by atoms with E-state index in [-0.39, 0.29) is 34.4 Å². The van der Waals surface area contributed by atoms with Gasteiger partial charge in [-0.15, -0.1) is 0 Å². The number of carbonyl (C=O) groups excluding carboxylic acids is 2. The zero-order valence-corrected chi connectivity index (χ0v) is 15.1. The SMILES string of the molecule is O=C(NCC(=O)N1CCC2(CC1)CC2C(=O)O)c1c(Cl)cccc1[N+](=O)[O-]. The summed E-state index contributed by atoms with van der Waals surface area (Å²) in [5, 5.41) is 22.5. The molecule has 1 saturated heterocycles. The summed E-state index contributed by atoms with van der Waals surface area (Å²) >= 11 is 5.90. The van der Waals surface area contributed by atoms with Gasteiger partial charge in [0, 0.05) is 19.2 Å². The monoisotopic (exact) mass is 395 g/mol. The number of piperidine rings is 1. The number of nitrogens with one attached hydrogen (secondary N) is 1. The zero-order valence-electron chi connectivity index (χ0n) is 14.3. The van der Waals surface area contributed by atoms with Crippen molar-refractivity contribution in [1.29, 1.82) is 0 Å². The Morgan fingerprint density at radius 2 is 2.00 bits per heavy atom. The molecule has 0 aromatic heterocycles. The molecular formula is C17H18ClN3O6. The van der Waals surface area contributed by atoms with Crippen molar-refractivity contribution < 1.29 is 24.4 Å². The largest absolute Gasteiger partial charge is 0.481 e. The van der Waals surface area contributed by atoms with Crippen LogP contribution in [-0.2, 0) is 9.59 Å². The van der Waals surface area contributed by atoms with Gasteiger partial charge in [-0.05, 0) is 30.7 Å². The van der Waals surface area contributed by atoms with Crippen LogP contribution in [-0.4, -0.2) is 52.3 Å². The predicted octanol–water partition coefficient (Wildman–Crippen LogP) is 1.69. The lowest BCUT2D eigenvalue weighted by atomic mass is 9.91. The molecule has 0 bridgehead atoms. The third-order valence-electron chi connectivity index (χ3n) is 5.42. The number of hydrogen-bond donors (Lipinski definition) is 2. The van der Waals surface area contributed by atoms with Gasteiger partial charge in [0.15, 0.2) is 0 Å². The number of likely N-dealkylation sites (tertiary alicyclic amines) is 1. The Hall–Kier alpha value is -2.68. The maximum Gasteiger partial charge on any atom is 0.307 e. The van der Waals surface area contributed by atoms with Gasteiger partial charge in [-0.1, -0.05) is 17.7 Å². The predicted molar refractivity (Wildman–Crippen MR) is 94.4 cm³/mol. The first kappa shape index (κ1) is 19.1. The average Bonchev–Trinajstić information content (AvgIpc) is 3.33. The fourth-order valence-corrected chi connectivity index (χ4v) is 3.95. The molecule has 1 aromatic rings. The number of carboxylic acid groups (broad SMARTS) is 1. The minimum Gasteiger partial charge on any atom is -0.481 e. The minimum atomic E-state index is -0.790. The summed E-state index contributed by atoms with van der Waals surface area (Å²) < 4.78 is 0. The minimum absolute atomic E-state index is 0.0671. The van der Waals surface area contributed by atoms with Crippen LogP contribution in [0.4, 0.5) is 5.69 Å². The highest BCUT2D eigenvalue weighted by Crippen LogP contribution is 2.59. The van der Waals surface area contributed by atoms with E-state index in [1.54, 1.807) is 4.90 Å². The number of nitrogens with zero attached hydrogens (tertiary/aromatic N) is 2. The van der Waals surface area contributed by atoms with E-state index in [9.17, 15) is 24.5 Å². The molecule has 3 rings (SSSR count). The van der Waals surface area contributed by atoms with Crippen molar-refractivity contribution in [3.63, 3.8) is 0 Å². The number of benzene rings is 1. The number of aliphatic carboxylic acids is 1. The highest BCUT2D eigenvalue weighted by Gasteiger charge is 2.59. The van der Waals surface area contributed by atoms with E-state index >= 15 is 0 Å². The second-order valence-corrected chi connectivity index (χ2v) is 7.32. The van der Waals surface area contributed by atoms with Gasteiger partial charge in [-0.3, -0.25) is 24.5 Å². The summed E-state index contributed by atoms with van der Waals surface area (Å²) in [5.74, 6) is -2.22. The van der Waals surface area contributed by atoms with Crippen molar-refractivity contribution in [2.75, 3.05) is 19.6 Å². The first-order valence-corrected chi connectivity index (χ1v) is 8.85. The molecule has 1 aliphatic carbocycles. The van der Waals surface area contributed by atoms with Crippen molar-refractivity contribution >= 4 is 35.1 Å². The number of nitro benzene ring substituents is 1. The normalized spacial score (nSPS) is 20.2. The smallest absolute Gasteiger partial charge is 0.307 e. The number of nitro groups is 1. The molecule has 1 heterocycles. The van der Waals surface area contributed by atoms with E-state index < -0.39 is 22.5 Å². The molecule has 2 amide bonds. The first-order chi connectivity index (χ1) is 12.7. The van der Waals surface area contributed by atoms with Gasteiger partial charge in [0.1, 0.15) is 5.56 Å². The van der Waals surface area contributed by atoms with Crippen molar-refractivity contribution in [3.05, 3.63) is 38.9 Å². The van der Waals surface area contributed by atoms with E-state index in [4.69, 9.17) is 16.7 Å². The van der Waals surface area contributed by atoms with Crippen LogP contribution in [0.5, 0.6) is 0 Å². The van der Waals surface area contributed by atoms with Crippen LogP contribution in [0.1, 0.15) is 29.6 Å². The van der Waals surface area contributed by atoms with Gasteiger partial charge in [0.25, 0.3) is 11.6 Å². The number of amides is 2. The molecule has 2 N–H and O–H groups in total. The Balaban J connectivity index is 1.56. The molecule has 2 fully saturated rings. The standard InChI is InChI=1S/C17H18ClN3O6/c18-11-2-1-3-12(21(26)27)14(11)15(23)19-9-13(22)20-6-4-17(5-7-20)8-10(17)16(24)25/h1-3,10H,4-9H2,(H,19,23)(H,24,25). The molecule has 1 spiro atoms. The summed E-state index contributed by atoms with van der Waals surface area (Å²) in [6.07, 6.45) is 1.90. The van der Waals surface area contributed by atoms with Crippen LogP contribution < -0.4 is 5.32 Å². The Kier molecular flexibility index (Phi) is 5.05. The Morgan fingerprint density at radius 3 is 2.56 bits per heavy atom. The van der Waals surface area contributed by atoms with Gasteiger partial charge in [0.2, 0.25) is 5.91 Å². The third-order valence-corrected chi connectivity index (χ3v) is 5.73. The molecule has 1 saturated carbocycles. The van der Waals surface area contributed by atoms with Crippen LogP contribution >= 0.6 is 11.6 Å². The molecule has 27 heavy (non-hydrogen) atoms. The van der Waals surface area contributed by atoms with Crippen molar-refractivity contribution in [2.24, 2.45) is 11.3 Å². The molecule has 1 atom stereocenters. The van der Waals surface area contributed by atoms with Crippen LogP contribution in [0.2, 0.25) is 5.02 Å². The molecule has 9 nitrogen and oxygen atoms in total. The number of hydrogen-bond acceptors (Lipinski definition) is 5. The fraction of sp³-hybridized carbons (Fsp3) is 0.471. The second kappa shape index (κ2) is 7.15. The number of rotatable bonds is 5. The van der Waals surface area contributed by atoms with Gasteiger partial charge in [0.05, 0.1) is 22.4 Å². The number of halogens is 1. The highest BCUT2D eigenvalue weighted by atomic mass is 35.5. The molecule has 2 aliphatic rings. The lowest BCUT2D eigenvalue weighted by molar-refractivity contribution is -0.385. The molecule has 1 aliphatic heterocycles. The van der Waals surface area contributed by atoms with Crippen molar-refractivity contribution in [3.8, 4) is 0 Å². The number of carboxylic acids is 1. The van der Waals surface area contributed by atoms with E-state index in [1.807, 2.05) is 0 Å². The van der Waals surface area contributed by atoms with Gasteiger partial charge in [-0.25, -0.2) is 0 Å². The first-order valence-electron chi connectivity index (χ1n) is 8.47. The second-order valence-electron chi connectivity index (χ2n) is 6.91. The summed E-state index contributed by atoms with van der Waals surface area (Å²) in [6, 6.07) is 3.90. The van der Waals surface area contributed by atoms with Crippen LogP contribution in [0.3, 0.4) is 0 Å². The summed E-state index contributed by atoms with van der Waals surface area (Å²) in [6.45, 7) is 0.562. The van der Waals surface area contributed by atoms with Gasteiger partial charge < -0.3 is 15.3 Å². The molecule has 1 unspecified atom stereocenters. The highest BCUT2D eigenvalue weighted by molar-refractivity contribution is 6.34. The maximum atomic E-state index is 12.3. The van der Waals surface area contributed by atoms with Crippen LogP contribution in [0, 0.1) is 21.4 Å². The fourth-order valence-electron chi connectivity index (χ4n) is 3.70. The van der Waals surface area contributed by atoms with Crippen LogP contribution in [0.25, 0.3) is 0 Å². The van der Waals surface area contributed by atoms with Gasteiger partial charge >= 0.3 is 5.97 Å². The lowest BCUT2D eigenvalue weighted by Gasteiger charge is -2.32. The van der Waals surface area contributed by atoms with E-state index in [2.05, 4.69) is 5.32 Å². The Labute approximate surface area is 159 Å².